The first-order valence-corrected chi connectivity index (χ1v) is 7.96. The van der Waals surface area contributed by atoms with Crippen molar-refractivity contribution in [1.82, 2.24) is 10.2 Å². The van der Waals surface area contributed by atoms with Gasteiger partial charge in [0.1, 0.15) is 0 Å². The molecule has 26 heavy (non-hydrogen) atoms. The molecule has 0 aliphatic rings. The van der Waals surface area contributed by atoms with Crippen LogP contribution in [0, 0.1) is 6.92 Å². The molecule has 3 aromatic rings. The van der Waals surface area contributed by atoms with Gasteiger partial charge >= 0.3 is 5.97 Å². The maximum absolute atomic E-state index is 12.2. The summed E-state index contributed by atoms with van der Waals surface area (Å²) in [4.78, 5) is 12.2. The Morgan fingerprint density at radius 2 is 1.65 bits per heavy atom. The molecule has 0 saturated heterocycles. The van der Waals surface area contributed by atoms with E-state index in [0.717, 1.165) is 11.1 Å². The molecule has 0 aliphatic carbocycles. The maximum atomic E-state index is 12.2. The van der Waals surface area contributed by atoms with E-state index in [1.807, 2.05) is 31.2 Å². The van der Waals surface area contributed by atoms with Crippen LogP contribution in [-0.2, 0) is 0 Å². The molecule has 0 atom stereocenters. The molecule has 0 fully saturated rings. The van der Waals surface area contributed by atoms with Gasteiger partial charge in [-0.3, -0.25) is 0 Å². The second kappa shape index (κ2) is 7.65. The Morgan fingerprint density at radius 3 is 2.31 bits per heavy atom. The summed E-state index contributed by atoms with van der Waals surface area (Å²) in [7, 11) is 3.15. The lowest BCUT2D eigenvalue weighted by Gasteiger charge is -2.09. The summed E-state index contributed by atoms with van der Waals surface area (Å²) in [5.41, 5.74) is 2.78. The number of ether oxygens (including phenoxy) is 3. The number of methoxy groups -OCH3 is 2. The molecular formula is C20H18N2O4. The Balaban J connectivity index is 1.79. The number of hydrogen-bond donors (Lipinski definition) is 0. The zero-order valence-corrected chi connectivity index (χ0v) is 14.7. The zero-order valence-electron chi connectivity index (χ0n) is 14.7. The molecule has 132 valence electrons. The lowest BCUT2D eigenvalue weighted by atomic mass is 10.1. The van der Waals surface area contributed by atoms with Crippen LogP contribution in [0.3, 0.4) is 0 Å². The van der Waals surface area contributed by atoms with Crippen molar-refractivity contribution in [1.29, 1.82) is 0 Å². The van der Waals surface area contributed by atoms with Crippen molar-refractivity contribution in [2.45, 2.75) is 6.92 Å². The molecule has 0 amide bonds. The lowest BCUT2D eigenvalue weighted by Crippen LogP contribution is -2.11. The fourth-order valence-corrected chi connectivity index (χ4v) is 2.48. The van der Waals surface area contributed by atoms with Crippen LogP contribution in [-0.4, -0.2) is 30.4 Å². The number of benzene rings is 2. The van der Waals surface area contributed by atoms with Crippen molar-refractivity contribution in [3.63, 3.8) is 0 Å². The molecule has 6 heteroatoms. The van der Waals surface area contributed by atoms with Crippen LogP contribution in [0.2, 0.25) is 0 Å². The fourth-order valence-electron chi connectivity index (χ4n) is 2.48. The topological polar surface area (TPSA) is 70.5 Å². The number of aromatic nitrogens is 2. The second-order valence-electron chi connectivity index (χ2n) is 5.53. The SMILES string of the molecule is COc1ccc(-c2ccc(OC(=O)c3ccccc3C)nn2)cc1OC. The predicted molar refractivity (Wildman–Crippen MR) is 96.7 cm³/mol. The number of aryl methyl sites for hydroxylation is 1. The molecule has 3 rings (SSSR count). The van der Waals surface area contributed by atoms with Crippen LogP contribution >= 0.6 is 0 Å². The van der Waals surface area contributed by atoms with Gasteiger partial charge in [-0.15, -0.1) is 10.2 Å². The predicted octanol–water partition coefficient (Wildman–Crippen LogP) is 3.69. The van der Waals surface area contributed by atoms with E-state index in [2.05, 4.69) is 10.2 Å². The average molecular weight is 350 g/mol. The van der Waals surface area contributed by atoms with Gasteiger partial charge in [-0.2, -0.15) is 0 Å². The van der Waals surface area contributed by atoms with Gasteiger partial charge in [0, 0.05) is 11.6 Å². The van der Waals surface area contributed by atoms with E-state index in [1.54, 1.807) is 44.6 Å². The van der Waals surface area contributed by atoms with Crippen LogP contribution < -0.4 is 14.2 Å². The summed E-state index contributed by atoms with van der Waals surface area (Å²) in [5, 5.41) is 8.11. The van der Waals surface area contributed by atoms with E-state index in [0.29, 0.717) is 22.8 Å². The number of carbonyl (C=O) groups excluding carboxylic acids is 1. The average Bonchev–Trinajstić information content (AvgIpc) is 2.68. The van der Waals surface area contributed by atoms with Crippen molar-refractivity contribution >= 4 is 5.97 Å². The number of esters is 1. The number of nitrogens with zero attached hydrogens (tertiary/aromatic N) is 2. The first-order valence-electron chi connectivity index (χ1n) is 7.96. The second-order valence-corrected chi connectivity index (χ2v) is 5.53. The Morgan fingerprint density at radius 1 is 0.885 bits per heavy atom. The smallest absolute Gasteiger partial charge is 0.345 e. The summed E-state index contributed by atoms with van der Waals surface area (Å²) in [6.45, 7) is 1.85. The molecule has 6 nitrogen and oxygen atoms in total. The number of carbonyl (C=O) groups is 1. The third-order valence-corrected chi connectivity index (χ3v) is 3.88. The van der Waals surface area contributed by atoms with Gasteiger partial charge in [-0.25, -0.2) is 4.79 Å². The first kappa shape index (κ1) is 17.4. The van der Waals surface area contributed by atoms with E-state index in [1.165, 1.54) is 0 Å². The molecule has 0 bridgehead atoms. The highest BCUT2D eigenvalue weighted by atomic mass is 16.5. The Labute approximate surface area is 151 Å². The normalized spacial score (nSPS) is 10.3. The standard InChI is InChI=1S/C20H18N2O4/c1-13-6-4-5-7-15(13)20(23)26-19-11-9-16(21-22-19)14-8-10-17(24-2)18(12-14)25-3/h4-12H,1-3H3. The molecule has 1 heterocycles. The van der Waals surface area contributed by atoms with Gasteiger partial charge in [0.2, 0.25) is 5.88 Å². The summed E-state index contributed by atoms with van der Waals surface area (Å²) in [5.74, 6) is 0.911. The molecule has 1 aromatic heterocycles. The van der Waals surface area contributed by atoms with Crippen LogP contribution in [0.15, 0.2) is 54.6 Å². The highest BCUT2D eigenvalue weighted by Crippen LogP contribution is 2.31. The molecule has 0 unspecified atom stereocenters. The maximum Gasteiger partial charge on any atom is 0.345 e. The quantitative estimate of drug-likeness (QED) is 0.654. The molecule has 0 N–H and O–H groups in total. The fraction of sp³-hybridized carbons (Fsp3) is 0.150. The molecular weight excluding hydrogens is 332 g/mol. The first-order chi connectivity index (χ1) is 12.6. The van der Waals surface area contributed by atoms with Crippen LogP contribution in [0.5, 0.6) is 17.4 Å². The van der Waals surface area contributed by atoms with Crippen LogP contribution in [0.4, 0.5) is 0 Å². The highest BCUT2D eigenvalue weighted by molar-refractivity contribution is 5.92. The van der Waals surface area contributed by atoms with Gasteiger partial charge in [0.25, 0.3) is 0 Å². The third-order valence-electron chi connectivity index (χ3n) is 3.88. The van der Waals surface area contributed by atoms with Gasteiger partial charge in [0.05, 0.1) is 25.5 Å². The lowest BCUT2D eigenvalue weighted by molar-refractivity contribution is 0.0725. The minimum Gasteiger partial charge on any atom is -0.493 e. The Bertz CT molecular complexity index is 923. The number of rotatable bonds is 5. The summed E-state index contributed by atoms with van der Waals surface area (Å²) in [6, 6.07) is 16.0. The minimum absolute atomic E-state index is 0.141. The van der Waals surface area contributed by atoms with E-state index >= 15 is 0 Å². The molecule has 0 spiro atoms. The van der Waals surface area contributed by atoms with Crippen LogP contribution in [0.25, 0.3) is 11.3 Å². The van der Waals surface area contributed by atoms with Gasteiger partial charge in [-0.1, -0.05) is 18.2 Å². The number of hydrogen-bond acceptors (Lipinski definition) is 6. The Hall–Kier alpha value is -3.41. The van der Waals surface area contributed by atoms with E-state index < -0.39 is 5.97 Å². The summed E-state index contributed by atoms with van der Waals surface area (Å²) >= 11 is 0. The van der Waals surface area contributed by atoms with Crippen molar-refractivity contribution in [2.24, 2.45) is 0 Å². The monoisotopic (exact) mass is 350 g/mol. The molecule has 0 radical (unpaired) electrons. The Kier molecular flexibility index (Phi) is 5.12. The summed E-state index contributed by atoms with van der Waals surface area (Å²) < 4.78 is 15.8. The van der Waals surface area contributed by atoms with Crippen molar-refractivity contribution in [3.8, 4) is 28.6 Å². The van der Waals surface area contributed by atoms with E-state index in [4.69, 9.17) is 14.2 Å². The van der Waals surface area contributed by atoms with Crippen molar-refractivity contribution in [2.75, 3.05) is 14.2 Å². The van der Waals surface area contributed by atoms with Crippen LogP contribution in [0.1, 0.15) is 15.9 Å². The van der Waals surface area contributed by atoms with Gasteiger partial charge in [0.15, 0.2) is 11.5 Å². The van der Waals surface area contributed by atoms with Crippen molar-refractivity contribution < 1.29 is 19.0 Å². The van der Waals surface area contributed by atoms with E-state index in [9.17, 15) is 4.79 Å². The largest absolute Gasteiger partial charge is 0.493 e. The van der Waals surface area contributed by atoms with Gasteiger partial charge in [-0.05, 0) is 42.8 Å². The van der Waals surface area contributed by atoms with Gasteiger partial charge < -0.3 is 14.2 Å². The third kappa shape index (κ3) is 3.64. The highest BCUT2D eigenvalue weighted by Gasteiger charge is 2.13. The molecule has 0 saturated carbocycles. The summed E-state index contributed by atoms with van der Waals surface area (Å²) in [6.07, 6.45) is 0. The zero-order chi connectivity index (χ0) is 18.5. The molecule has 0 aliphatic heterocycles. The minimum atomic E-state index is -0.462. The van der Waals surface area contributed by atoms with Crippen molar-refractivity contribution in [3.05, 3.63) is 65.7 Å². The van der Waals surface area contributed by atoms with E-state index in [-0.39, 0.29) is 5.88 Å². The molecule has 2 aromatic carbocycles.